The van der Waals surface area contributed by atoms with Crippen molar-refractivity contribution in [2.24, 2.45) is 5.92 Å². The van der Waals surface area contributed by atoms with Gasteiger partial charge in [0.15, 0.2) is 0 Å². The fraction of sp³-hybridized carbons (Fsp3) is 0.455. The number of carbonyl (C=O) groups excluding carboxylic acids is 1. The fourth-order valence-electron chi connectivity index (χ4n) is 4.76. The number of aliphatic hydroxyl groups excluding tert-OH is 1. The molecule has 12 nitrogen and oxygen atoms in total. The van der Waals surface area contributed by atoms with E-state index in [0.29, 0.717) is 42.3 Å². The van der Waals surface area contributed by atoms with Gasteiger partial charge in [-0.2, -0.15) is 18.2 Å². The number of anilines is 1. The van der Waals surface area contributed by atoms with E-state index in [0.717, 1.165) is 17.0 Å². The first-order chi connectivity index (χ1) is 17.2. The van der Waals surface area contributed by atoms with E-state index < -0.39 is 22.3 Å². The number of carbonyl (C=O) groups is 1. The standard InChI is InChI=1S/C22H26N6O6S2/c1-12-4-17-21(34-3-2-28(17)27-12)14-6-19(35-10-14)20(30)16-9-23-11-24-22(16)26-15-5-13(18(29)7-15)8-25-36(31,32)33/h4,6,9-11,13,15,18,21,25,29H,2-3,5,7-8H2,1H3,(H,23,24,26)(H,31,32,33)/t13-,15-,18+,21+/m1/s1. The van der Waals surface area contributed by atoms with Crippen LogP contribution in [0.2, 0.25) is 0 Å². The minimum Gasteiger partial charge on any atom is -0.393 e. The van der Waals surface area contributed by atoms with Crippen LogP contribution >= 0.6 is 11.3 Å². The maximum atomic E-state index is 13.4. The molecule has 192 valence electrons. The third-order valence-corrected chi connectivity index (χ3v) is 7.90. The minimum atomic E-state index is -4.34. The lowest BCUT2D eigenvalue weighted by molar-refractivity contribution is 0.0424. The van der Waals surface area contributed by atoms with Gasteiger partial charge in [-0.15, -0.1) is 11.3 Å². The lowest BCUT2D eigenvalue weighted by atomic mass is 10.1. The normalized spacial score (nSPS) is 24.0. The number of fused-ring (bicyclic) bond motifs is 1. The molecule has 36 heavy (non-hydrogen) atoms. The van der Waals surface area contributed by atoms with Gasteiger partial charge in [-0.25, -0.2) is 9.97 Å². The molecule has 0 radical (unpaired) electrons. The van der Waals surface area contributed by atoms with E-state index >= 15 is 0 Å². The van der Waals surface area contributed by atoms with Crippen LogP contribution in [0.3, 0.4) is 0 Å². The van der Waals surface area contributed by atoms with Gasteiger partial charge in [0.1, 0.15) is 18.2 Å². The van der Waals surface area contributed by atoms with Gasteiger partial charge in [0.05, 0.1) is 41.1 Å². The van der Waals surface area contributed by atoms with Crippen molar-refractivity contribution in [1.82, 2.24) is 24.5 Å². The minimum absolute atomic E-state index is 0.0899. The fourth-order valence-corrected chi connectivity index (χ4v) is 6.06. The Labute approximate surface area is 211 Å². The smallest absolute Gasteiger partial charge is 0.333 e. The van der Waals surface area contributed by atoms with E-state index in [-0.39, 0.29) is 24.5 Å². The summed E-state index contributed by atoms with van der Waals surface area (Å²) >= 11 is 1.32. The lowest BCUT2D eigenvalue weighted by Crippen LogP contribution is -2.32. The predicted molar refractivity (Wildman–Crippen MR) is 130 cm³/mol. The first-order valence-electron chi connectivity index (χ1n) is 11.4. The van der Waals surface area contributed by atoms with Crippen LogP contribution in [0.25, 0.3) is 0 Å². The van der Waals surface area contributed by atoms with Gasteiger partial charge < -0.3 is 15.2 Å². The molecular formula is C22H26N6O6S2. The summed E-state index contributed by atoms with van der Waals surface area (Å²) in [6.07, 6.45) is 2.48. The zero-order chi connectivity index (χ0) is 25.4. The maximum absolute atomic E-state index is 13.4. The van der Waals surface area contributed by atoms with Crippen LogP contribution in [0.4, 0.5) is 5.82 Å². The van der Waals surface area contributed by atoms with Crippen molar-refractivity contribution in [2.45, 2.75) is 44.6 Å². The monoisotopic (exact) mass is 534 g/mol. The molecule has 5 rings (SSSR count). The summed E-state index contributed by atoms with van der Waals surface area (Å²) < 4.78 is 40.8. The molecule has 1 aliphatic heterocycles. The second-order valence-electron chi connectivity index (χ2n) is 9.01. The second-order valence-corrected chi connectivity index (χ2v) is 11.2. The molecule has 0 bridgehead atoms. The Morgan fingerprint density at radius 1 is 1.33 bits per heavy atom. The largest absolute Gasteiger partial charge is 0.393 e. The molecule has 0 amide bonds. The van der Waals surface area contributed by atoms with Crippen LogP contribution in [0, 0.1) is 12.8 Å². The molecule has 0 unspecified atom stereocenters. The Balaban J connectivity index is 1.31. The summed E-state index contributed by atoms with van der Waals surface area (Å²) in [5, 5.41) is 19.9. The van der Waals surface area contributed by atoms with E-state index in [4.69, 9.17) is 9.29 Å². The number of rotatable bonds is 8. The number of nitrogens with zero attached hydrogens (tertiary/aromatic N) is 4. The highest BCUT2D eigenvalue weighted by atomic mass is 32.2. The molecule has 2 aliphatic rings. The van der Waals surface area contributed by atoms with E-state index in [9.17, 15) is 18.3 Å². The number of ketones is 1. The number of nitrogens with one attached hydrogen (secondary N) is 2. The van der Waals surface area contributed by atoms with Crippen molar-refractivity contribution >= 4 is 33.2 Å². The number of hydrogen-bond acceptors (Lipinski definition) is 10. The third-order valence-electron chi connectivity index (χ3n) is 6.42. The average molecular weight is 535 g/mol. The molecule has 4 atom stereocenters. The number of aryl methyl sites for hydroxylation is 1. The van der Waals surface area contributed by atoms with Crippen molar-refractivity contribution in [2.75, 3.05) is 18.5 Å². The number of aliphatic hydroxyl groups is 1. The van der Waals surface area contributed by atoms with Gasteiger partial charge in [0.25, 0.3) is 0 Å². The Bertz CT molecular complexity index is 1370. The first kappa shape index (κ1) is 24.9. The summed E-state index contributed by atoms with van der Waals surface area (Å²) in [6, 6.07) is 3.57. The molecule has 1 saturated carbocycles. The SMILES string of the molecule is Cc1cc2n(n1)CCO[C@H]2c1csc(C(=O)c2cncnc2N[C@@H]2C[C@H](CNS(=O)(=O)O)[C@@H](O)C2)c1. The van der Waals surface area contributed by atoms with Gasteiger partial charge in [-0.1, -0.05) is 0 Å². The average Bonchev–Trinajstić information content (AvgIpc) is 3.54. The quantitative estimate of drug-likeness (QED) is 0.244. The maximum Gasteiger partial charge on any atom is 0.333 e. The molecule has 0 spiro atoms. The highest BCUT2D eigenvalue weighted by molar-refractivity contribution is 7.83. The summed E-state index contributed by atoms with van der Waals surface area (Å²) in [5.41, 5.74) is 3.05. The van der Waals surface area contributed by atoms with Crippen LogP contribution in [-0.2, 0) is 21.6 Å². The van der Waals surface area contributed by atoms with Crippen molar-refractivity contribution in [1.29, 1.82) is 0 Å². The van der Waals surface area contributed by atoms with Crippen molar-refractivity contribution < 1.29 is 27.6 Å². The van der Waals surface area contributed by atoms with E-state index in [1.54, 1.807) is 0 Å². The molecule has 4 N–H and O–H groups in total. The zero-order valence-electron chi connectivity index (χ0n) is 19.4. The van der Waals surface area contributed by atoms with Crippen LogP contribution in [-0.4, -0.2) is 68.9 Å². The second kappa shape index (κ2) is 9.95. The number of ether oxygens (including phenoxy) is 1. The van der Waals surface area contributed by atoms with Crippen molar-refractivity contribution in [3.63, 3.8) is 0 Å². The molecule has 4 heterocycles. The lowest BCUT2D eigenvalue weighted by Gasteiger charge is -2.23. The van der Waals surface area contributed by atoms with Gasteiger partial charge >= 0.3 is 10.3 Å². The molecule has 1 aliphatic carbocycles. The molecular weight excluding hydrogens is 508 g/mol. The van der Waals surface area contributed by atoms with Crippen molar-refractivity contribution in [3.05, 3.63) is 57.4 Å². The van der Waals surface area contributed by atoms with Crippen LogP contribution in [0.1, 0.15) is 51.1 Å². The highest BCUT2D eigenvalue weighted by Crippen LogP contribution is 2.34. The third kappa shape index (κ3) is 5.33. The summed E-state index contributed by atoms with van der Waals surface area (Å²) in [5.74, 6) is -0.288. The Morgan fingerprint density at radius 3 is 2.97 bits per heavy atom. The van der Waals surface area contributed by atoms with Crippen LogP contribution < -0.4 is 10.0 Å². The Morgan fingerprint density at radius 2 is 2.17 bits per heavy atom. The molecule has 3 aromatic rings. The Kier molecular flexibility index (Phi) is 6.89. The van der Waals surface area contributed by atoms with Gasteiger partial charge in [0.2, 0.25) is 5.78 Å². The highest BCUT2D eigenvalue weighted by Gasteiger charge is 2.34. The Hall–Kier alpha value is -2.75. The van der Waals surface area contributed by atoms with Crippen LogP contribution in [0.5, 0.6) is 0 Å². The predicted octanol–water partition coefficient (Wildman–Crippen LogP) is 1.34. The zero-order valence-corrected chi connectivity index (χ0v) is 21.0. The van der Waals surface area contributed by atoms with Crippen molar-refractivity contribution in [3.8, 4) is 0 Å². The van der Waals surface area contributed by atoms with E-state index in [2.05, 4.69) is 20.4 Å². The van der Waals surface area contributed by atoms with Gasteiger partial charge in [-0.05, 0) is 42.8 Å². The van der Waals surface area contributed by atoms with Gasteiger partial charge in [-0.3, -0.25) is 14.0 Å². The topological polar surface area (TPSA) is 169 Å². The molecule has 1 fully saturated rings. The van der Waals surface area contributed by atoms with Crippen LogP contribution in [0.15, 0.2) is 30.0 Å². The number of thiophene rings is 1. The molecule has 14 heteroatoms. The molecule has 3 aromatic heterocycles. The number of aromatic nitrogens is 4. The summed E-state index contributed by atoms with van der Waals surface area (Å²) in [7, 11) is -4.34. The van der Waals surface area contributed by atoms with E-state index in [1.165, 1.54) is 23.9 Å². The molecule has 0 saturated heterocycles. The van der Waals surface area contributed by atoms with Gasteiger partial charge in [0, 0.05) is 24.7 Å². The summed E-state index contributed by atoms with van der Waals surface area (Å²) in [6.45, 7) is 3.07. The number of hydrogen-bond donors (Lipinski definition) is 4. The first-order valence-corrected chi connectivity index (χ1v) is 13.8. The van der Waals surface area contributed by atoms with E-state index in [1.807, 2.05) is 33.8 Å². The molecule has 0 aromatic carbocycles. The summed E-state index contributed by atoms with van der Waals surface area (Å²) in [4.78, 5) is 22.2.